The fourth-order valence-corrected chi connectivity index (χ4v) is 2.89. The van der Waals surface area contributed by atoms with Crippen LogP contribution in [0.5, 0.6) is 0 Å². The average molecular weight is 305 g/mol. The van der Waals surface area contributed by atoms with E-state index in [1.807, 2.05) is 0 Å². The molecule has 0 spiro atoms. The smallest absolute Gasteiger partial charge is 0.404 e. The zero-order chi connectivity index (χ0) is 15.9. The molecule has 0 aromatic heterocycles. The van der Waals surface area contributed by atoms with Gasteiger partial charge in [-0.05, 0) is 56.0 Å². The van der Waals surface area contributed by atoms with E-state index in [0.717, 1.165) is 38.9 Å². The highest BCUT2D eigenvalue weighted by Crippen LogP contribution is 2.17. The van der Waals surface area contributed by atoms with Crippen molar-refractivity contribution < 1.29 is 9.90 Å². The summed E-state index contributed by atoms with van der Waals surface area (Å²) in [5, 5.41) is 11.1. The van der Waals surface area contributed by atoms with Gasteiger partial charge in [0.25, 0.3) is 0 Å². The quantitative estimate of drug-likeness (QED) is 0.846. The Morgan fingerprint density at radius 2 is 1.91 bits per heavy atom. The molecule has 5 heteroatoms. The van der Waals surface area contributed by atoms with Crippen LogP contribution in [0.4, 0.5) is 10.5 Å². The molecular weight excluding hydrogens is 278 g/mol. The zero-order valence-corrected chi connectivity index (χ0v) is 13.6. The second-order valence-corrected chi connectivity index (χ2v) is 6.28. The highest BCUT2D eigenvalue weighted by atomic mass is 16.4. The molecule has 0 bridgehead atoms. The first-order chi connectivity index (χ1) is 10.5. The number of piperidine rings is 1. The molecule has 5 nitrogen and oxygen atoms in total. The number of amides is 1. The molecule has 0 saturated carbocycles. The Hall–Kier alpha value is -1.75. The fraction of sp³-hybridized carbons (Fsp3) is 0.588. The van der Waals surface area contributed by atoms with Crippen LogP contribution in [-0.4, -0.2) is 56.4 Å². The number of carbonyl (C=O) groups is 1. The molecule has 1 aliphatic rings. The lowest BCUT2D eigenvalue weighted by molar-refractivity contribution is 0.171. The molecule has 2 N–H and O–H groups in total. The van der Waals surface area contributed by atoms with Gasteiger partial charge in [-0.1, -0.05) is 12.1 Å². The number of anilines is 1. The second kappa shape index (κ2) is 8.03. The molecule has 0 aliphatic carbocycles. The van der Waals surface area contributed by atoms with Gasteiger partial charge in [0.1, 0.15) is 0 Å². The van der Waals surface area contributed by atoms with E-state index in [2.05, 4.69) is 53.5 Å². The van der Waals surface area contributed by atoms with Crippen LogP contribution in [0.15, 0.2) is 24.3 Å². The molecule has 0 atom stereocenters. The summed E-state index contributed by atoms with van der Waals surface area (Å²) < 4.78 is 0. The SMILES string of the molecule is CN(C)c1ccc(CCN2CCC(CNC(=O)O)CC2)cc1. The Morgan fingerprint density at radius 1 is 1.27 bits per heavy atom. The minimum Gasteiger partial charge on any atom is -0.465 e. The maximum absolute atomic E-state index is 10.5. The topological polar surface area (TPSA) is 55.8 Å². The Balaban J connectivity index is 1.69. The van der Waals surface area contributed by atoms with Crippen molar-refractivity contribution in [2.24, 2.45) is 5.92 Å². The number of carboxylic acid groups (broad SMARTS) is 1. The molecule has 2 rings (SSSR count). The van der Waals surface area contributed by atoms with E-state index in [-0.39, 0.29) is 0 Å². The van der Waals surface area contributed by atoms with E-state index in [9.17, 15) is 4.79 Å². The van der Waals surface area contributed by atoms with Crippen molar-refractivity contribution in [1.29, 1.82) is 0 Å². The van der Waals surface area contributed by atoms with Crippen LogP contribution in [0.25, 0.3) is 0 Å². The lowest BCUT2D eigenvalue weighted by Gasteiger charge is -2.31. The molecule has 0 radical (unpaired) electrons. The first-order valence-corrected chi connectivity index (χ1v) is 8.00. The van der Waals surface area contributed by atoms with Crippen LogP contribution in [-0.2, 0) is 6.42 Å². The predicted octanol–water partition coefficient (Wildman–Crippen LogP) is 2.27. The molecule has 1 saturated heterocycles. The number of benzene rings is 1. The maximum atomic E-state index is 10.5. The highest BCUT2D eigenvalue weighted by molar-refractivity contribution is 5.64. The molecule has 0 unspecified atom stereocenters. The summed E-state index contributed by atoms with van der Waals surface area (Å²) in [4.78, 5) is 15.1. The lowest BCUT2D eigenvalue weighted by atomic mass is 9.96. The van der Waals surface area contributed by atoms with Crippen molar-refractivity contribution in [3.05, 3.63) is 29.8 Å². The van der Waals surface area contributed by atoms with E-state index in [1.165, 1.54) is 11.3 Å². The summed E-state index contributed by atoms with van der Waals surface area (Å²) in [7, 11) is 4.11. The van der Waals surface area contributed by atoms with Gasteiger partial charge < -0.3 is 20.2 Å². The van der Waals surface area contributed by atoms with Gasteiger partial charge in [0.05, 0.1) is 0 Å². The lowest BCUT2D eigenvalue weighted by Crippen LogP contribution is -2.39. The largest absolute Gasteiger partial charge is 0.465 e. The van der Waals surface area contributed by atoms with E-state index < -0.39 is 6.09 Å². The van der Waals surface area contributed by atoms with Crippen molar-refractivity contribution in [1.82, 2.24) is 10.2 Å². The first kappa shape index (κ1) is 16.6. The second-order valence-electron chi connectivity index (χ2n) is 6.28. The number of nitrogens with zero attached hydrogens (tertiary/aromatic N) is 2. The Morgan fingerprint density at radius 3 is 2.45 bits per heavy atom. The van der Waals surface area contributed by atoms with Crippen molar-refractivity contribution in [3.63, 3.8) is 0 Å². The Kier molecular flexibility index (Phi) is 6.07. The molecule has 122 valence electrons. The monoisotopic (exact) mass is 305 g/mol. The average Bonchev–Trinajstić information content (AvgIpc) is 2.52. The third-order valence-corrected chi connectivity index (χ3v) is 4.42. The molecule has 1 aromatic rings. The van der Waals surface area contributed by atoms with Crippen LogP contribution in [0.2, 0.25) is 0 Å². The van der Waals surface area contributed by atoms with Gasteiger partial charge in [0.15, 0.2) is 0 Å². The van der Waals surface area contributed by atoms with Crippen LogP contribution >= 0.6 is 0 Å². The molecule has 1 heterocycles. The number of nitrogens with one attached hydrogen (secondary N) is 1. The van der Waals surface area contributed by atoms with Gasteiger partial charge in [0, 0.05) is 32.9 Å². The Bertz CT molecular complexity index is 465. The minimum absolute atomic E-state index is 0.492. The fourth-order valence-electron chi connectivity index (χ4n) is 2.89. The number of likely N-dealkylation sites (tertiary alicyclic amines) is 1. The molecule has 1 aromatic carbocycles. The number of rotatable bonds is 6. The van der Waals surface area contributed by atoms with Crippen molar-refractivity contribution >= 4 is 11.8 Å². The molecule has 1 aliphatic heterocycles. The third-order valence-electron chi connectivity index (χ3n) is 4.42. The standard InChI is InChI=1S/C17H27N3O2/c1-19(2)16-5-3-14(4-6-16)7-10-20-11-8-15(9-12-20)13-18-17(21)22/h3-6,15,18H,7-13H2,1-2H3,(H,21,22). The normalized spacial score (nSPS) is 16.5. The van der Waals surface area contributed by atoms with Gasteiger partial charge >= 0.3 is 6.09 Å². The van der Waals surface area contributed by atoms with Crippen LogP contribution < -0.4 is 10.2 Å². The van der Waals surface area contributed by atoms with Gasteiger partial charge in [-0.15, -0.1) is 0 Å². The van der Waals surface area contributed by atoms with E-state index in [1.54, 1.807) is 0 Å². The van der Waals surface area contributed by atoms with E-state index >= 15 is 0 Å². The van der Waals surface area contributed by atoms with Crippen LogP contribution in [0.1, 0.15) is 18.4 Å². The van der Waals surface area contributed by atoms with Crippen LogP contribution in [0.3, 0.4) is 0 Å². The zero-order valence-electron chi connectivity index (χ0n) is 13.6. The van der Waals surface area contributed by atoms with Crippen LogP contribution in [0, 0.1) is 5.92 Å². The highest BCUT2D eigenvalue weighted by Gasteiger charge is 2.19. The van der Waals surface area contributed by atoms with Gasteiger partial charge in [-0.25, -0.2) is 4.79 Å². The summed E-state index contributed by atoms with van der Waals surface area (Å²) in [5.74, 6) is 0.492. The summed E-state index contributed by atoms with van der Waals surface area (Å²) in [6, 6.07) is 8.75. The van der Waals surface area contributed by atoms with Gasteiger partial charge in [0.2, 0.25) is 0 Å². The molecule has 22 heavy (non-hydrogen) atoms. The Labute approximate surface area is 132 Å². The number of hydrogen-bond acceptors (Lipinski definition) is 3. The van der Waals surface area contributed by atoms with E-state index in [0.29, 0.717) is 12.5 Å². The summed E-state index contributed by atoms with van der Waals surface area (Å²) >= 11 is 0. The summed E-state index contributed by atoms with van der Waals surface area (Å²) in [6.07, 6.45) is 2.33. The van der Waals surface area contributed by atoms with Gasteiger partial charge in [-0.2, -0.15) is 0 Å². The van der Waals surface area contributed by atoms with Crippen molar-refractivity contribution in [2.45, 2.75) is 19.3 Å². The summed E-state index contributed by atoms with van der Waals surface area (Å²) in [5.41, 5.74) is 2.61. The molecule has 1 fully saturated rings. The van der Waals surface area contributed by atoms with Crippen molar-refractivity contribution in [2.75, 3.05) is 45.2 Å². The third kappa shape index (κ3) is 5.22. The molecule has 1 amide bonds. The number of hydrogen-bond donors (Lipinski definition) is 2. The summed E-state index contributed by atoms with van der Waals surface area (Å²) in [6.45, 7) is 3.82. The molecular formula is C17H27N3O2. The minimum atomic E-state index is -0.913. The predicted molar refractivity (Wildman–Crippen MR) is 89.7 cm³/mol. The van der Waals surface area contributed by atoms with Gasteiger partial charge in [-0.3, -0.25) is 0 Å². The van der Waals surface area contributed by atoms with E-state index in [4.69, 9.17) is 5.11 Å². The van der Waals surface area contributed by atoms with Crippen molar-refractivity contribution in [3.8, 4) is 0 Å². The first-order valence-electron chi connectivity index (χ1n) is 8.00. The maximum Gasteiger partial charge on any atom is 0.404 e.